The van der Waals surface area contributed by atoms with E-state index in [1.807, 2.05) is 16.8 Å². The number of halogens is 2. The molecule has 4 heteroatoms. The third-order valence-corrected chi connectivity index (χ3v) is 3.45. The minimum absolute atomic E-state index is 0.0775. The molecule has 0 radical (unpaired) electrons. The lowest BCUT2D eigenvalue weighted by Crippen LogP contribution is -2.22. The maximum atomic E-state index is 13.3. The van der Waals surface area contributed by atoms with E-state index < -0.39 is 11.6 Å². The minimum atomic E-state index is -0.807. The lowest BCUT2D eigenvalue weighted by atomic mass is 10.0. The van der Waals surface area contributed by atoms with Gasteiger partial charge in [-0.25, -0.2) is 8.78 Å². The maximum absolute atomic E-state index is 13.3. The second-order valence-corrected chi connectivity index (χ2v) is 4.90. The predicted octanol–water partition coefficient (Wildman–Crippen LogP) is 4.12. The number of hydrogen-bond donors (Lipinski definition) is 1. The zero-order valence-corrected chi connectivity index (χ0v) is 10.9. The van der Waals surface area contributed by atoms with Gasteiger partial charge in [-0.05, 0) is 53.1 Å². The van der Waals surface area contributed by atoms with Crippen molar-refractivity contribution in [2.75, 3.05) is 6.54 Å². The summed E-state index contributed by atoms with van der Waals surface area (Å²) in [6.45, 7) is 2.91. The van der Waals surface area contributed by atoms with Gasteiger partial charge in [0.05, 0.1) is 6.04 Å². The number of benzene rings is 1. The molecule has 1 nitrogen and oxygen atoms in total. The molecule has 0 aliphatic carbocycles. The average Bonchev–Trinajstić information content (AvgIpc) is 2.88. The summed E-state index contributed by atoms with van der Waals surface area (Å²) in [6, 6.07) is 5.99. The van der Waals surface area contributed by atoms with E-state index in [-0.39, 0.29) is 6.04 Å². The molecule has 0 aliphatic rings. The summed E-state index contributed by atoms with van der Waals surface area (Å²) < 4.78 is 26.3. The van der Waals surface area contributed by atoms with Gasteiger partial charge in [0.25, 0.3) is 0 Å². The summed E-state index contributed by atoms with van der Waals surface area (Å²) in [7, 11) is 0. The normalized spacial score (nSPS) is 12.6. The van der Waals surface area contributed by atoms with Gasteiger partial charge in [0, 0.05) is 0 Å². The van der Waals surface area contributed by atoms with Gasteiger partial charge >= 0.3 is 0 Å². The fraction of sp³-hybridized carbons (Fsp3) is 0.286. The number of nitrogens with one attached hydrogen (secondary N) is 1. The predicted molar refractivity (Wildman–Crippen MR) is 70.8 cm³/mol. The number of hydrogen-bond acceptors (Lipinski definition) is 2. The van der Waals surface area contributed by atoms with E-state index in [1.165, 1.54) is 12.1 Å². The van der Waals surface area contributed by atoms with Gasteiger partial charge in [0.1, 0.15) is 0 Å². The van der Waals surface area contributed by atoms with Crippen LogP contribution in [0.3, 0.4) is 0 Å². The van der Waals surface area contributed by atoms with Crippen molar-refractivity contribution >= 4 is 11.3 Å². The van der Waals surface area contributed by atoms with Crippen molar-refractivity contribution in [3.05, 3.63) is 57.8 Å². The lowest BCUT2D eigenvalue weighted by molar-refractivity contribution is 0.503. The Morgan fingerprint density at radius 1 is 1.17 bits per heavy atom. The molecule has 18 heavy (non-hydrogen) atoms. The molecule has 0 bridgehead atoms. The van der Waals surface area contributed by atoms with Crippen LogP contribution >= 0.6 is 11.3 Å². The number of rotatable bonds is 5. The number of thiophene rings is 1. The molecule has 1 atom stereocenters. The summed E-state index contributed by atoms with van der Waals surface area (Å²) in [6.07, 6.45) is 0.990. The molecular formula is C14H15F2NS. The third-order valence-electron chi connectivity index (χ3n) is 2.75. The summed E-state index contributed by atoms with van der Waals surface area (Å²) in [5.41, 5.74) is 1.83. The van der Waals surface area contributed by atoms with Gasteiger partial charge < -0.3 is 5.32 Å². The molecule has 0 saturated heterocycles. The van der Waals surface area contributed by atoms with Gasteiger partial charge in [0.2, 0.25) is 0 Å². The quantitative estimate of drug-likeness (QED) is 0.859. The summed E-state index contributed by atoms with van der Waals surface area (Å²) >= 11 is 1.60. The molecule has 96 valence electrons. The van der Waals surface area contributed by atoms with Gasteiger partial charge in [0.15, 0.2) is 11.6 Å². The molecule has 0 saturated carbocycles. The first-order chi connectivity index (χ1) is 8.72. The van der Waals surface area contributed by atoms with Crippen molar-refractivity contribution in [3.63, 3.8) is 0 Å². The minimum Gasteiger partial charge on any atom is -0.306 e. The highest BCUT2D eigenvalue weighted by Crippen LogP contribution is 2.25. The van der Waals surface area contributed by atoms with E-state index in [9.17, 15) is 8.78 Å². The molecule has 2 rings (SSSR count). The standard InChI is InChI=1S/C14H15F2NS/c1-2-6-17-14(11-5-7-18-9-11)10-3-4-12(15)13(16)8-10/h3-5,7-9,14,17H,2,6H2,1H3. The first kappa shape index (κ1) is 13.2. The van der Waals surface area contributed by atoms with Crippen LogP contribution in [0.4, 0.5) is 8.78 Å². The van der Waals surface area contributed by atoms with Crippen LogP contribution in [0.25, 0.3) is 0 Å². The lowest BCUT2D eigenvalue weighted by Gasteiger charge is -2.18. The Balaban J connectivity index is 2.30. The van der Waals surface area contributed by atoms with Crippen LogP contribution < -0.4 is 5.32 Å². The van der Waals surface area contributed by atoms with Gasteiger partial charge in [-0.2, -0.15) is 11.3 Å². The zero-order valence-electron chi connectivity index (χ0n) is 10.1. The van der Waals surface area contributed by atoms with Crippen molar-refractivity contribution < 1.29 is 8.78 Å². The third kappa shape index (κ3) is 2.94. The molecule has 0 fully saturated rings. The maximum Gasteiger partial charge on any atom is 0.159 e. The average molecular weight is 267 g/mol. The molecule has 2 aromatic rings. The zero-order chi connectivity index (χ0) is 13.0. The fourth-order valence-corrected chi connectivity index (χ4v) is 2.53. The highest BCUT2D eigenvalue weighted by atomic mass is 32.1. The highest BCUT2D eigenvalue weighted by molar-refractivity contribution is 7.08. The molecule has 1 unspecified atom stereocenters. The first-order valence-electron chi connectivity index (χ1n) is 5.92. The van der Waals surface area contributed by atoms with Crippen molar-refractivity contribution in [2.45, 2.75) is 19.4 Å². The Labute approximate surface area is 109 Å². The van der Waals surface area contributed by atoms with Gasteiger partial charge in [-0.1, -0.05) is 13.0 Å². The van der Waals surface area contributed by atoms with E-state index in [1.54, 1.807) is 17.4 Å². The molecule has 1 heterocycles. The van der Waals surface area contributed by atoms with Gasteiger partial charge in [-0.15, -0.1) is 0 Å². The summed E-state index contributed by atoms with van der Waals surface area (Å²) in [5.74, 6) is -1.61. The Hall–Kier alpha value is -1.26. The van der Waals surface area contributed by atoms with Crippen molar-refractivity contribution in [1.29, 1.82) is 0 Å². The van der Waals surface area contributed by atoms with E-state index in [0.29, 0.717) is 0 Å². The summed E-state index contributed by atoms with van der Waals surface area (Å²) in [5, 5.41) is 7.36. The van der Waals surface area contributed by atoms with Crippen LogP contribution in [0.2, 0.25) is 0 Å². The Kier molecular flexibility index (Phi) is 4.44. The topological polar surface area (TPSA) is 12.0 Å². The van der Waals surface area contributed by atoms with Crippen molar-refractivity contribution in [3.8, 4) is 0 Å². The SMILES string of the molecule is CCCNC(c1ccsc1)c1ccc(F)c(F)c1. The van der Waals surface area contributed by atoms with Crippen LogP contribution in [-0.4, -0.2) is 6.54 Å². The monoisotopic (exact) mass is 267 g/mol. The summed E-state index contributed by atoms with van der Waals surface area (Å²) in [4.78, 5) is 0. The van der Waals surface area contributed by atoms with E-state index in [2.05, 4.69) is 12.2 Å². The van der Waals surface area contributed by atoms with E-state index >= 15 is 0 Å². The Morgan fingerprint density at radius 3 is 2.61 bits per heavy atom. The molecule has 1 aromatic carbocycles. The second kappa shape index (κ2) is 6.07. The fourth-order valence-electron chi connectivity index (χ4n) is 1.85. The van der Waals surface area contributed by atoms with E-state index in [0.717, 1.165) is 24.1 Å². The van der Waals surface area contributed by atoms with Crippen LogP contribution in [0.5, 0.6) is 0 Å². The van der Waals surface area contributed by atoms with Gasteiger partial charge in [-0.3, -0.25) is 0 Å². The smallest absolute Gasteiger partial charge is 0.159 e. The highest BCUT2D eigenvalue weighted by Gasteiger charge is 2.15. The van der Waals surface area contributed by atoms with E-state index in [4.69, 9.17) is 0 Å². The van der Waals surface area contributed by atoms with Crippen LogP contribution in [0, 0.1) is 11.6 Å². The second-order valence-electron chi connectivity index (χ2n) is 4.12. The molecule has 0 aliphatic heterocycles. The first-order valence-corrected chi connectivity index (χ1v) is 6.87. The van der Waals surface area contributed by atoms with Crippen molar-refractivity contribution in [2.24, 2.45) is 0 Å². The Bertz CT molecular complexity index is 497. The molecular weight excluding hydrogens is 252 g/mol. The van der Waals surface area contributed by atoms with Crippen molar-refractivity contribution in [1.82, 2.24) is 5.32 Å². The van der Waals surface area contributed by atoms with Crippen LogP contribution in [0.15, 0.2) is 35.0 Å². The largest absolute Gasteiger partial charge is 0.306 e. The van der Waals surface area contributed by atoms with Crippen LogP contribution in [-0.2, 0) is 0 Å². The molecule has 1 aromatic heterocycles. The molecule has 1 N–H and O–H groups in total. The Morgan fingerprint density at radius 2 is 2.00 bits per heavy atom. The molecule has 0 spiro atoms. The molecule has 0 amide bonds. The van der Waals surface area contributed by atoms with Crippen LogP contribution in [0.1, 0.15) is 30.5 Å².